The van der Waals surface area contributed by atoms with Crippen LogP contribution in [-0.2, 0) is 4.79 Å². The van der Waals surface area contributed by atoms with Gasteiger partial charge in [-0.05, 0) is 25.5 Å². The lowest BCUT2D eigenvalue weighted by Crippen LogP contribution is -2.57. The van der Waals surface area contributed by atoms with Crippen molar-refractivity contribution in [2.24, 2.45) is 0 Å². The molecule has 1 aliphatic heterocycles. The smallest absolute Gasteiger partial charge is 0.273 e. The molecule has 1 fully saturated rings. The first-order chi connectivity index (χ1) is 10.0. The average molecular weight is 289 g/mol. The zero-order valence-electron chi connectivity index (χ0n) is 13.0. The maximum Gasteiger partial charge on any atom is 0.273 e. The van der Waals surface area contributed by atoms with Crippen molar-refractivity contribution in [3.63, 3.8) is 0 Å². The van der Waals surface area contributed by atoms with Gasteiger partial charge >= 0.3 is 0 Å². The Morgan fingerprint density at radius 3 is 2.81 bits per heavy atom. The molecule has 2 rings (SSSR count). The molecule has 21 heavy (non-hydrogen) atoms. The van der Waals surface area contributed by atoms with Crippen LogP contribution in [0.15, 0.2) is 18.2 Å². The number of unbranched alkanes of at least 4 members (excludes halogenated alkanes) is 1. The zero-order chi connectivity index (χ0) is 15.4. The maximum absolute atomic E-state index is 12.7. The molecule has 2 amide bonds. The maximum atomic E-state index is 12.7. The van der Waals surface area contributed by atoms with E-state index < -0.39 is 0 Å². The third-order valence-corrected chi connectivity index (χ3v) is 3.91. The number of pyridine rings is 1. The Kier molecular flexibility index (Phi) is 4.94. The van der Waals surface area contributed by atoms with E-state index in [0.717, 1.165) is 25.0 Å². The van der Waals surface area contributed by atoms with Gasteiger partial charge in [-0.25, -0.2) is 4.98 Å². The van der Waals surface area contributed by atoms with E-state index in [4.69, 9.17) is 0 Å². The number of hydrogen-bond donors (Lipinski definition) is 0. The largest absolute Gasteiger partial charge is 0.342 e. The van der Waals surface area contributed by atoms with E-state index >= 15 is 0 Å². The van der Waals surface area contributed by atoms with E-state index in [0.29, 0.717) is 18.8 Å². The van der Waals surface area contributed by atoms with Crippen molar-refractivity contribution in [3.05, 3.63) is 29.6 Å². The first kappa shape index (κ1) is 15.5. The molecule has 0 aliphatic carbocycles. The topological polar surface area (TPSA) is 53.5 Å². The van der Waals surface area contributed by atoms with Crippen LogP contribution in [0.3, 0.4) is 0 Å². The van der Waals surface area contributed by atoms with Crippen LogP contribution in [0.25, 0.3) is 0 Å². The van der Waals surface area contributed by atoms with Crippen molar-refractivity contribution < 1.29 is 9.59 Å². The molecule has 1 aliphatic rings. The Hall–Kier alpha value is -1.91. The number of carbonyl (C=O) groups is 2. The highest BCUT2D eigenvalue weighted by atomic mass is 16.2. The molecular weight excluding hydrogens is 266 g/mol. The summed E-state index contributed by atoms with van der Waals surface area (Å²) < 4.78 is 0. The minimum Gasteiger partial charge on any atom is -0.342 e. The third kappa shape index (κ3) is 3.40. The average Bonchev–Trinajstić information content (AvgIpc) is 2.48. The summed E-state index contributed by atoms with van der Waals surface area (Å²) in [5.41, 5.74) is 1.24. The lowest BCUT2D eigenvalue weighted by atomic mass is 10.0. The normalized spacial score (nSPS) is 19.0. The molecule has 0 aromatic carbocycles. The second-order valence-corrected chi connectivity index (χ2v) is 5.58. The number of nitrogens with zero attached hydrogens (tertiary/aromatic N) is 3. The van der Waals surface area contributed by atoms with Crippen LogP contribution in [0.4, 0.5) is 0 Å². The number of rotatable bonds is 4. The second kappa shape index (κ2) is 6.70. The number of aryl methyl sites for hydroxylation is 1. The van der Waals surface area contributed by atoms with Gasteiger partial charge in [-0.3, -0.25) is 9.59 Å². The van der Waals surface area contributed by atoms with Gasteiger partial charge in [-0.1, -0.05) is 25.8 Å². The molecule has 1 unspecified atom stereocenters. The third-order valence-electron chi connectivity index (χ3n) is 3.91. The Bertz CT molecular complexity index is 530. The molecule has 0 radical (unpaired) electrons. The van der Waals surface area contributed by atoms with E-state index in [9.17, 15) is 9.59 Å². The van der Waals surface area contributed by atoms with Crippen LogP contribution in [0, 0.1) is 6.92 Å². The van der Waals surface area contributed by atoms with Gasteiger partial charge in [0.05, 0.1) is 0 Å². The number of amides is 2. The van der Waals surface area contributed by atoms with Gasteiger partial charge in [0.1, 0.15) is 11.7 Å². The van der Waals surface area contributed by atoms with Gasteiger partial charge in [0, 0.05) is 25.8 Å². The second-order valence-electron chi connectivity index (χ2n) is 5.58. The summed E-state index contributed by atoms with van der Waals surface area (Å²) in [6, 6.07) is 5.06. The minimum absolute atomic E-state index is 0.0377. The number of aromatic nitrogens is 1. The molecule has 0 saturated carbocycles. The summed E-state index contributed by atoms with van der Waals surface area (Å²) in [5.74, 6) is -0.100. The fraction of sp³-hybridized carbons (Fsp3) is 0.562. The van der Waals surface area contributed by atoms with Gasteiger partial charge < -0.3 is 9.80 Å². The summed E-state index contributed by atoms with van der Waals surface area (Å²) in [6.45, 7) is 5.11. The van der Waals surface area contributed by atoms with Crippen LogP contribution in [0.2, 0.25) is 0 Å². The van der Waals surface area contributed by atoms with Gasteiger partial charge in [-0.15, -0.1) is 0 Å². The molecule has 1 aromatic heterocycles. The van der Waals surface area contributed by atoms with Crippen LogP contribution in [0.5, 0.6) is 0 Å². The minimum atomic E-state index is -0.349. The quantitative estimate of drug-likeness (QED) is 0.850. The first-order valence-electron chi connectivity index (χ1n) is 7.54. The highest BCUT2D eigenvalue weighted by Crippen LogP contribution is 2.18. The van der Waals surface area contributed by atoms with Crippen molar-refractivity contribution in [3.8, 4) is 0 Å². The van der Waals surface area contributed by atoms with Crippen LogP contribution >= 0.6 is 0 Å². The highest BCUT2D eigenvalue weighted by molar-refractivity contribution is 5.96. The number of piperazine rings is 1. The number of carbonyl (C=O) groups excluding carboxylic acids is 2. The number of hydrogen-bond acceptors (Lipinski definition) is 3. The van der Waals surface area contributed by atoms with Gasteiger partial charge in [0.25, 0.3) is 5.91 Å². The van der Waals surface area contributed by atoms with E-state index in [1.807, 2.05) is 19.1 Å². The molecular formula is C16H23N3O2. The van der Waals surface area contributed by atoms with Crippen molar-refractivity contribution in [1.82, 2.24) is 14.8 Å². The zero-order valence-corrected chi connectivity index (χ0v) is 13.0. The molecule has 2 heterocycles. The fourth-order valence-corrected chi connectivity index (χ4v) is 2.64. The van der Waals surface area contributed by atoms with Crippen molar-refractivity contribution >= 4 is 11.8 Å². The summed E-state index contributed by atoms with van der Waals surface area (Å²) in [6.07, 6.45) is 2.67. The van der Waals surface area contributed by atoms with E-state index in [1.165, 1.54) is 0 Å². The molecule has 0 bridgehead atoms. The van der Waals surface area contributed by atoms with Gasteiger partial charge in [0.15, 0.2) is 0 Å². The lowest BCUT2D eigenvalue weighted by Gasteiger charge is -2.39. The van der Waals surface area contributed by atoms with Gasteiger partial charge in [-0.2, -0.15) is 0 Å². The summed E-state index contributed by atoms with van der Waals surface area (Å²) in [5, 5.41) is 0. The van der Waals surface area contributed by atoms with E-state index in [1.54, 1.807) is 22.9 Å². The number of likely N-dealkylation sites (N-methyl/N-ethyl adjacent to an activating group) is 1. The van der Waals surface area contributed by atoms with E-state index in [2.05, 4.69) is 11.9 Å². The van der Waals surface area contributed by atoms with E-state index in [-0.39, 0.29) is 17.9 Å². The molecule has 1 saturated heterocycles. The Morgan fingerprint density at radius 1 is 1.38 bits per heavy atom. The van der Waals surface area contributed by atoms with Crippen LogP contribution in [-0.4, -0.2) is 52.8 Å². The molecule has 5 heteroatoms. The summed E-state index contributed by atoms with van der Waals surface area (Å²) >= 11 is 0. The monoisotopic (exact) mass is 289 g/mol. The highest BCUT2D eigenvalue weighted by Gasteiger charge is 2.36. The fourth-order valence-electron chi connectivity index (χ4n) is 2.64. The van der Waals surface area contributed by atoms with Gasteiger partial charge in [0.2, 0.25) is 5.91 Å². The van der Waals surface area contributed by atoms with Crippen LogP contribution < -0.4 is 0 Å². The molecule has 1 atom stereocenters. The van der Waals surface area contributed by atoms with Crippen molar-refractivity contribution in [2.45, 2.75) is 39.2 Å². The Balaban J connectivity index is 2.22. The molecule has 1 aromatic rings. The van der Waals surface area contributed by atoms with Crippen LogP contribution in [0.1, 0.15) is 42.4 Å². The molecule has 114 valence electrons. The van der Waals surface area contributed by atoms with Crippen molar-refractivity contribution in [1.29, 1.82) is 0 Å². The van der Waals surface area contributed by atoms with Crippen molar-refractivity contribution in [2.75, 3.05) is 20.1 Å². The lowest BCUT2D eigenvalue weighted by molar-refractivity contribution is -0.138. The predicted octanol–water partition coefficient (Wildman–Crippen LogP) is 1.86. The Labute approximate surface area is 126 Å². The molecule has 5 nitrogen and oxygen atoms in total. The summed E-state index contributed by atoms with van der Waals surface area (Å²) in [7, 11) is 1.80. The first-order valence-corrected chi connectivity index (χ1v) is 7.54. The molecule has 0 spiro atoms. The summed E-state index contributed by atoms with van der Waals surface area (Å²) in [4.78, 5) is 32.7. The predicted molar refractivity (Wildman–Crippen MR) is 81.0 cm³/mol. The SMILES string of the molecule is CCCCC1C(=O)N(C)CCN1C(=O)c1cccc(C)n1. The Morgan fingerprint density at radius 2 is 2.14 bits per heavy atom. The molecule has 0 N–H and O–H groups in total. The standard InChI is InChI=1S/C16H23N3O2/c1-4-5-9-14-16(21)18(3)10-11-19(14)15(20)13-8-6-7-12(2)17-13/h6-8,14H,4-5,9-11H2,1-3H3.